The number of amides is 2. The van der Waals surface area contributed by atoms with Gasteiger partial charge in [0.15, 0.2) is 0 Å². The molecule has 1 atom stereocenters. The Kier molecular flexibility index (Phi) is 5.61. The first kappa shape index (κ1) is 16.3. The van der Waals surface area contributed by atoms with Crippen molar-refractivity contribution in [3.05, 3.63) is 21.3 Å². The van der Waals surface area contributed by atoms with Gasteiger partial charge in [-0.3, -0.25) is 9.59 Å². The molecule has 0 aromatic carbocycles. The summed E-state index contributed by atoms with van der Waals surface area (Å²) in [4.78, 5) is 28.7. The molecule has 1 aliphatic heterocycles. The zero-order chi connectivity index (χ0) is 15.4. The number of hydrogen-bond acceptors (Lipinski definition) is 4. The highest BCUT2D eigenvalue weighted by atomic mass is 35.5. The van der Waals surface area contributed by atoms with Crippen molar-refractivity contribution in [3.8, 4) is 0 Å². The Morgan fingerprint density at radius 3 is 2.95 bits per heavy atom. The quantitative estimate of drug-likeness (QED) is 0.800. The number of nitrogens with zero attached hydrogens (tertiary/aromatic N) is 2. The van der Waals surface area contributed by atoms with Gasteiger partial charge in [-0.2, -0.15) is 0 Å². The molecule has 0 aliphatic carbocycles. The molecule has 1 aromatic rings. The van der Waals surface area contributed by atoms with Crippen LogP contribution in [0, 0.1) is 5.92 Å². The summed E-state index contributed by atoms with van der Waals surface area (Å²) >= 11 is 7.36. The molecule has 0 bridgehead atoms. The van der Waals surface area contributed by atoms with Crippen LogP contribution in [0.2, 0.25) is 4.34 Å². The number of thiophene rings is 1. The largest absolute Gasteiger partial charge is 0.383 e. The average molecular weight is 331 g/mol. The normalized spacial score (nSPS) is 18.3. The lowest BCUT2D eigenvalue weighted by atomic mass is 10.1. The maximum Gasteiger partial charge on any atom is 0.228 e. The zero-order valence-electron chi connectivity index (χ0n) is 12.2. The number of ether oxygens (including phenoxy) is 1. The Balaban J connectivity index is 1.89. The van der Waals surface area contributed by atoms with Crippen molar-refractivity contribution in [3.63, 3.8) is 0 Å². The molecule has 1 aliphatic rings. The van der Waals surface area contributed by atoms with Crippen molar-refractivity contribution >= 4 is 34.8 Å². The van der Waals surface area contributed by atoms with E-state index in [-0.39, 0.29) is 24.2 Å². The first-order valence-corrected chi connectivity index (χ1v) is 7.96. The fraction of sp³-hybridized carbons (Fsp3) is 0.571. The number of carbonyl (C=O) groups is 2. The summed E-state index contributed by atoms with van der Waals surface area (Å²) in [6.45, 7) is 2.05. The molecule has 2 rings (SSSR count). The van der Waals surface area contributed by atoms with Crippen molar-refractivity contribution in [2.75, 3.05) is 33.9 Å². The molecule has 1 saturated heterocycles. The van der Waals surface area contributed by atoms with E-state index >= 15 is 0 Å². The number of halogens is 1. The van der Waals surface area contributed by atoms with Crippen LogP contribution in [-0.4, -0.2) is 55.5 Å². The first-order valence-electron chi connectivity index (χ1n) is 6.77. The van der Waals surface area contributed by atoms with Crippen LogP contribution in [0.5, 0.6) is 0 Å². The predicted molar refractivity (Wildman–Crippen MR) is 82.4 cm³/mol. The zero-order valence-corrected chi connectivity index (χ0v) is 13.7. The number of carbonyl (C=O) groups excluding carboxylic acids is 2. The van der Waals surface area contributed by atoms with E-state index in [9.17, 15) is 9.59 Å². The summed E-state index contributed by atoms with van der Waals surface area (Å²) in [5, 5.41) is 0. The highest BCUT2D eigenvalue weighted by molar-refractivity contribution is 7.16. The maximum atomic E-state index is 12.4. The SMILES string of the molecule is COCCN1CC(C(=O)N(C)Cc2ccc(Cl)s2)CC1=O. The summed E-state index contributed by atoms with van der Waals surface area (Å²) in [6, 6.07) is 3.74. The van der Waals surface area contributed by atoms with Crippen LogP contribution < -0.4 is 0 Å². The third-order valence-corrected chi connectivity index (χ3v) is 4.74. The van der Waals surface area contributed by atoms with Gasteiger partial charge >= 0.3 is 0 Å². The molecule has 21 heavy (non-hydrogen) atoms. The molecular formula is C14H19ClN2O3S. The van der Waals surface area contributed by atoms with Gasteiger partial charge in [0.25, 0.3) is 0 Å². The third-order valence-electron chi connectivity index (χ3n) is 3.53. The highest BCUT2D eigenvalue weighted by Crippen LogP contribution is 2.24. The van der Waals surface area contributed by atoms with Crippen LogP contribution in [0.3, 0.4) is 0 Å². The standard InChI is InChI=1S/C14H19ClN2O3S/c1-16(9-11-3-4-12(15)21-11)14(19)10-7-13(18)17(8-10)5-6-20-2/h3-4,10H,5-9H2,1-2H3. The van der Waals surface area contributed by atoms with E-state index in [0.29, 0.717) is 30.6 Å². The van der Waals surface area contributed by atoms with Gasteiger partial charge in [0, 0.05) is 38.5 Å². The molecule has 2 amide bonds. The third kappa shape index (κ3) is 4.18. The summed E-state index contributed by atoms with van der Waals surface area (Å²) < 4.78 is 5.69. The van der Waals surface area contributed by atoms with Gasteiger partial charge < -0.3 is 14.5 Å². The van der Waals surface area contributed by atoms with E-state index in [1.165, 1.54) is 11.3 Å². The lowest BCUT2D eigenvalue weighted by Gasteiger charge is -2.20. The van der Waals surface area contributed by atoms with Crippen molar-refractivity contribution in [1.29, 1.82) is 0 Å². The van der Waals surface area contributed by atoms with Crippen molar-refractivity contribution in [2.45, 2.75) is 13.0 Å². The van der Waals surface area contributed by atoms with Crippen LogP contribution >= 0.6 is 22.9 Å². The Hall–Kier alpha value is -1.11. The Morgan fingerprint density at radius 1 is 1.57 bits per heavy atom. The highest BCUT2D eigenvalue weighted by Gasteiger charge is 2.35. The van der Waals surface area contributed by atoms with Crippen molar-refractivity contribution < 1.29 is 14.3 Å². The minimum Gasteiger partial charge on any atom is -0.383 e. The molecule has 0 radical (unpaired) electrons. The molecule has 1 fully saturated rings. The molecule has 2 heterocycles. The number of rotatable bonds is 6. The Morgan fingerprint density at radius 2 is 2.33 bits per heavy atom. The van der Waals surface area contributed by atoms with E-state index in [1.807, 2.05) is 12.1 Å². The monoisotopic (exact) mass is 330 g/mol. The van der Waals surface area contributed by atoms with Crippen LogP contribution in [0.25, 0.3) is 0 Å². The molecular weight excluding hydrogens is 312 g/mol. The topological polar surface area (TPSA) is 49.9 Å². The molecule has 1 unspecified atom stereocenters. The minimum absolute atomic E-state index is 0.00721. The first-order chi connectivity index (χ1) is 10.0. The van der Waals surface area contributed by atoms with E-state index in [0.717, 1.165) is 4.88 Å². The lowest BCUT2D eigenvalue weighted by Crippen LogP contribution is -2.34. The summed E-state index contributed by atoms with van der Waals surface area (Å²) in [6.07, 6.45) is 0.290. The van der Waals surface area contributed by atoms with Gasteiger partial charge in [-0.1, -0.05) is 11.6 Å². The van der Waals surface area contributed by atoms with Crippen LogP contribution in [0.4, 0.5) is 0 Å². The van der Waals surface area contributed by atoms with E-state index < -0.39 is 0 Å². The maximum absolute atomic E-state index is 12.4. The van der Waals surface area contributed by atoms with Gasteiger partial charge in [0.1, 0.15) is 0 Å². The number of hydrogen-bond donors (Lipinski definition) is 0. The lowest BCUT2D eigenvalue weighted by molar-refractivity contribution is -0.135. The second kappa shape index (κ2) is 7.24. The molecule has 7 heteroatoms. The summed E-state index contributed by atoms with van der Waals surface area (Å²) in [5.41, 5.74) is 0. The molecule has 0 spiro atoms. The number of likely N-dealkylation sites (tertiary alicyclic amines) is 1. The van der Waals surface area contributed by atoms with Gasteiger partial charge in [-0.15, -0.1) is 11.3 Å². The second-order valence-electron chi connectivity index (χ2n) is 5.13. The Labute approximate surface area is 133 Å². The summed E-state index contributed by atoms with van der Waals surface area (Å²) in [7, 11) is 3.36. The van der Waals surface area contributed by atoms with Gasteiger partial charge in [-0.05, 0) is 12.1 Å². The molecule has 116 valence electrons. The Bertz CT molecular complexity index is 520. The van der Waals surface area contributed by atoms with E-state index in [4.69, 9.17) is 16.3 Å². The van der Waals surface area contributed by atoms with E-state index in [1.54, 1.807) is 24.0 Å². The fourth-order valence-electron chi connectivity index (χ4n) is 2.42. The minimum atomic E-state index is -0.255. The van der Waals surface area contributed by atoms with Gasteiger partial charge in [-0.25, -0.2) is 0 Å². The van der Waals surface area contributed by atoms with Crippen LogP contribution in [0.1, 0.15) is 11.3 Å². The van der Waals surface area contributed by atoms with Gasteiger partial charge in [0.2, 0.25) is 11.8 Å². The van der Waals surface area contributed by atoms with E-state index in [2.05, 4.69) is 0 Å². The van der Waals surface area contributed by atoms with Gasteiger partial charge in [0.05, 0.1) is 23.4 Å². The fourth-order valence-corrected chi connectivity index (χ4v) is 3.56. The predicted octanol–water partition coefficient (Wildman–Crippen LogP) is 1.85. The van der Waals surface area contributed by atoms with Crippen LogP contribution in [-0.2, 0) is 20.9 Å². The van der Waals surface area contributed by atoms with Crippen molar-refractivity contribution in [2.24, 2.45) is 5.92 Å². The number of methoxy groups -OCH3 is 1. The van der Waals surface area contributed by atoms with Crippen LogP contribution in [0.15, 0.2) is 12.1 Å². The average Bonchev–Trinajstić information content (AvgIpc) is 3.02. The summed E-state index contributed by atoms with van der Waals surface area (Å²) in [5.74, 6) is -0.222. The van der Waals surface area contributed by atoms with Crippen molar-refractivity contribution in [1.82, 2.24) is 9.80 Å². The smallest absolute Gasteiger partial charge is 0.228 e. The molecule has 1 aromatic heterocycles. The molecule has 0 N–H and O–H groups in total. The molecule has 0 saturated carbocycles. The second-order valence-corrected chi connectivity index (χ2v) is 6.93. The molecule has 5 nitrogen and oxygen atoms in total.